The molecule has 0 spiro atoms. The molecule has 1 amide bonds. The summed E-state index contributed by atoms with van der Waals surface area (Å²) in [5.74, 6) is 2.01. The number of hydrogen-bond donors (Lipinski definition) is 2. The van der Waals surface area contributed by atoms with Crippen LogP contribution in [-0.4, -0.2) is 66.1 Å². The molecule has 1 aromatic carbocycles. The van der Waals surface area contributed by atoms with Crippen LogP contribution < -0.4 is 20.3 Å². The average molecular weight is 493 g/mol. The van der Waals surface area contributed by atoms with E-state index in [9.17, 15) is 4.79 Å². The van der Waals surface area contributed by atoms with E-state index in [1.165, 1.54) is 0 Å². The molecule has 0 bridgehead atoms. The Morgan fingerprint density at radius 1 is 1.30 bits per heavy atom. The molecule has 0 aliphatic carbocycles. The van der Waals surface area contributed by atoms with Gasteiger partial charge in [0, 0.05) is 36.2 Å². The van der Waals surface area contributed by atoms with E-state index in [0.717, 1.165) is 24.9 Å². The fraction of sp³-hybridized carbons (Fsp3) is 0.522. The number of carbonyl (C=O) groups excluding carboxylic acids is 1. The van der Waals surface area contributed by atoms with Crippen LogP contribution in [0.1, 0.15) is 38.3 Å². The van der Waals surface area contributed by atoms with Gasteiger partial charge in [-0.1, -0.05) is 29.3 Å². The number of piperazine rings is 1. The summed E-state index contributed by atoms with van der Waals surface area (Å²) >= 11 is 12.4. The molecule has 2 saturated heterocycles. The van der Waals surface area contributed by atoms with Crippen LogP contribution in [0, 0.1) is 0 Å². The van der Waals surface area contributed by atoms with Crippen molar-refractivity contribution in [3.05, 3.63) is 40.0 Å². The third-order valence-electron chi connectivity index (χ3n) is 6.06. The number of rotatable bonds is 7. The lowest BCUT2D eigenvalue weighted by atomic mass is 10.1. The number of ether oxygens (including phenoxy) is 1. The van der Waals surface area contributed by atoms with Crippen molar-refractivity contribution in [3.8, 4) is 5.75 Å². The Labute approximate surface area is 204 Å². The summed E-state index contributed by atoms with van der Waals surface area (Å²) in [5, 5.41) is 7.89. The van der Waals surface area contributed by atoms with E-state index in [0.29, 0.717) is 60.3 Å². The summed E-state index contributed by atoms with van der Waals surface area (Å²) in [6.45, 7) is 8.05. The van der Waals surface area contributed by atoms with Crippen molar-refractivity contribution in [2.45, 2.75) is 38.8 Å². The molecule has 4 rings (SSSR count). The zero-order valence-corrected chi connectivity index (χ0v) is 20.5. The van der Waals surface area contributed by atoms with Crippen molar-refractivity contribution < 1.29 is 9.53 Å². The van der Waals surface area contributed by atoms with Crippen molar-refractivity contribution >= 4 is 40.9 Å². The monoisotopic (exact) mass is 492 g/mol. The van der Waals surface area contributed by atoms with E-state index in [2.05, 4.69) is 20.5 Å². The number of benzene rings is 1. The molecule has 8 nitrogen and oxygen atoms in total. The predicted molar refractivity (Wildman–Crippen MR) is 132 cm³/mol. The number of amides is 1. The highest BCUT2D eigenvalue weighted by Gasteiger charge is 2.30. The molecule has 2 fully saturated rings. The number of anilines is 2. The van der Waals surface area contributed by atoms with Crippen LogP contribution in [-0.2, 0) is 4.79 Å². The highest BCUT2D eigenvalue weighted by Crippen LogP contribution is 2.32. The third kappa shape index (κ3) is 5.62. The van der Waals surface area contributed by atoms with E-state index in [1.807, 2.05) is 30.9 Å². The molecule has 33 heavy (non-hydrogen) atoms. The van der Waals surface area contributed by atoms with Gasteiger partial charge in [-0.25, -0.2) is 4.98 Å². The zero-order valence-electron chi connectivity index (χ0n) is 19.0. The number of halogens is 2. The molecule has 1 aromatic heterocycles. The fourth-order valence-electron chi connectivity index (χ4n) is 4.26. The number of nitrogens with one attached hydrogen (secondary N) is 2. The second kappa shape index (κ2) is 10.8. The molecule has 2 aromatic rings. The normalized spacial score (nSPS) is 19.5. The lowest BCUT2D eigenvalue weighted by Gasteiger charge is -2.36. The molecule has 2 aliphatic heterocycles. The molecule has 10 heteroatoms. The third-order valence-corrected chi connectivity index (χ3v) is 6.62. The maximum absolute atomic E-state index is 12.7. The Morgan fingerprint density at radius 3 is 2.76 bits per heavy atom. The lowest BCUT2D eigenvalue weighted by Crippen LogP contribution is -2.53. The minimum atomic E-state index is -0.120. The maximum Gasteiger partial charge on any atom is 0.239 e. The first kappa shape index (κ1) is 23.9. The predicted octanol–water partition coefficient (Wildman–Crippen LogP) is 3.76. The molecular formula is C23H30Cl2N6O2. The zero-order chi connectivity index (χ0) is 23.4. The fourth-order valence-corrected chi connectivity index (χ4v) is 4.83. The second-order valence-corrected chi connectivity index (χ2v) is 9.15. The smallest absolute Gasteiger partial charge is 0.239 e. The van der Waals surface area contributed by atoms with E-state index in [1.54, 1.807) is 12.3 Å². The van der Waals surface area contributed by atoms with Crippen LogP contribution in [0.3, 0.4) is 0 Å². The van der Waals surface area contributed by atoms with Crippen LogP contribution in [0.5, 0.6) is 5.75 Å². The first-order valence-electron chi connectivity index (χ1n) is 11.4. The van der Waals surface area contributed by atoms with Crippen molar-refractivity contribution in [1.82, 2.24) is 20.2 Å². The van der Waals surface area contributed by atoms with Crippen molar-refractivity contribution in [1.29, 1.82) is 0 Å². The number of aromatic nitrogens is 2. The van der Waals surface area contributed by atoms with Crippen LogP contribution in [0.25, 0.3) is 0 Å². The Kier molecular flexibility index (Phi) is 7.78. The van der Waals surface area contributed by atoms with Gasteiger partial charge in [-0.05, 0) is 50.9 Å². The molecule has 0 unspecified atom stereocenters. The van der Waals surface area contributed by atoms with Crippen molar-refractivity contribution in [3.63, 3.8) is 0 Å². The standard InChI is InChI=1S/C23H30Cl2N6O2/c1-3-33-20-14-27-23(29-21(20)28-15(2)17-7-6-16(24)13-18(17)25)31-11-9-30(10-12-31)22(32)19-5-4-8-26-19/h6-7,13-15,19,26H,3-5,8-12H2,1-2H3,(H,27,28,29)/t15-,19-/m1/s1. The average Bonchev–Trinajstić information content (AvgIpc) is 3.35. The van der Waals surface area contributed by atoms with Gasteiger partial charge in [0.1, 0.15) is 0 Å². The highest BCUT2D eigenvalue weighted by molar-refractivity contribution is 6.35. The minimum Gasteiger partial charge on any atom is -0.488 e. The van der Waals surface area contributed by atoms with E-state index >= 15 is 0 Å². The quantitative estimate of drug-likeness (QED) is 0.608. The molecule has 2 aliphatic rings. The van der Waals surface area contributed by atoms with E-state index < -0.39 is 0 Å². The number of nitrogens with zero attached hydrogens (tertiary/aromatic N) is 4. The molecule has 2 atom stereocenters. The summed E-state index contributed by atoms with van der Waals surface area (Å²) in [5.41, 5.74) is 0.913. The van der Waals surface area contributed by atoms with Crippen molar-refractivity contribution in [2.75, 3.05) is 49.5 Å². The van der Waals surface area contributed by atoms with E-state index in [4.69, 9.17) is 32.9 Å². The molecule has 3 heterocycles. The highest BCUT2D eigenvalue weighted by atomic mass is 35.5. The van der Waals surface area contributed by atoms with Gasteiger partial charge in [-0.3, -0.25) is 4.79 Å². The van der Waals surface area contributed by atoms with Crippen LogP contribution >= 0.6 is 23.2 Å². The molecular weight excluding hydrogens is 463 g/mol. The topological polar surface area (TPSA) is 82.6 Å². The van der Waals surface area contributed by atoms with Gasteiger partial charge in [0.15, 0.2) is 11.6 Å². The first-order chi connectivity index (χ1) is 16.0. The van der Waals surface area contributed by atoms with Gasteiger partial charge in [-0.15, -0.1) is 0 Å². The van der Waals surface area contributed by atoms with Gasteiger partial charge in [-0.2, -0.15) is 4.98 Å². The van der Waals surface area contributed by atoms with E-state index in [-0.39, 0.29) is 18.0 Å². The largest absolute Gasteiger partial charge is 0.488 e. The summed E-state index contributed by atoms with van der Waals surface area (Å²) < 4.78 is 5.75. The summed E-state index contributed by atoms with van der Waals surface area (Å²) in [4.78, 5) is 26.0. The minimum absolute atomic E-state index is 0.0322. The van der Waals surface area contributed by atoms with Gasteiger partial charge >= 0.3 is 0 Å². The number of hydrogen-bond acceptors (Lipinski definition) is 7. The van der Waals surface area contributed by atoms with Gasteiger partial charge in [0.05, 0.1) is 24.9 Å². The summed E-state index contributed by atoms with van der Waals surface area (Å²) in [7, 11) is 0. The lowest BCUT2D eigenvalue weighted by molar-refractivity contribution is -0.133. The number of carbonyl (C=O) groups is 1. The van der Waals surface area contributed by atoms with Crippen LogP contribution in [0.2, 0.25) is 10.0 Å². The first-order valence-corrected chi connectivity index (χ1v) is 12.2. The summed E-state index contributed by atoms with van der Waals surface area (Å²) in [6.07, 6.45) is 3.68. The van der Waals surface area contributed by atoms with Crippen LogP contribution in [0.4, 0.5) is 11.8 Å². The summed E-state index contributed by atoms with van der Waals surface area (Å²) in [6, 6.07) is 5.30. The van der Waals surface area contributed by atoms with Gasteiger partial charge in [0.2, 0.25) is 11.9 Å². The molecule has 178 valence electrons. The maximum atomic E-state index is 12.7. The van der Waals surface area contributed by atoms with Gasteiger partial charge in [0.25, 0.3) is 0 Å². The van der Waals surface area contributed by atoms with Gasteiger partial charge < -0.3 is 25.2 Å². The van der Waals surface area contributed by atoms with Crippen LogP contribution in [0.15, 0.2) is 24.4 Å². The second-order valence-electron chi connectivity index (χ2n) is 8.31. The Balaban J connectivity index is 1.46. The SMILES string of the molecule is CCOc1cnc(N2CCN(C(=O)[C@H]3CCCN3)CC2)nc1N[C@H](C)c1ccc(Cl)cc1Cl. The Morgan fingerprint density at radius 2 is 2.09 bits per heavy atom. The molecule has 2 N–H and O–H groups in total. The Bertz CT molecular complexity index is 977. The molecule has 0 radical (unpaired) electrons. The molecule has 0 saturated carbocycles. The van der Waals surface area contributed by atoms with Crippen molar-refractivity contribution in [2.24, 2.45) is 0 Å². The Hall–Kier alpha value is -2.29.